The second-order valence-corrected chi connectivity index (χ2v) is 7.70. The molecule has 1 atom stereocenters. The minimum Gasteiger partial charge on any atom is -0.349 e. The molecule has 9 heteroatoms. The standard InChI is InChI=1S/C18H32N6O.2ClH/c1-23(2)17(14-6-4-3-5-7-14)12-20-18(25)16-13-24(22-21-16)15-8-10-19-11-9-15;;/h13-15,17,19H,3-12H2,1-2H3,(H,20,25);2*1H. The molecule has 1 saturated carbocycles. The van der Waals surface area contributed by atoms with Crippen molar-refractivity contribution in [2.75, 3.05) is 33.7 Å². The van der Waals surface area contributed by atoms with Gasteiger partial charge in [0, 0.05) is 12.6 Å². The van der Waals surface area contributed by atoms with Crippen LogP contribution in [-0.2, 0) is 0 Å². The van der Waals surface area contributed by atoms with Gasteiger partial charge in [-0.15, -0.1) is 29.9 Å². The van der Waals surface area contributed by atoms with Crippen molar-refractivity contribution in [3.05, 3.63) is 11.9 Å². The summed E-state index contributed by atoms with van der Waals surface area (Å²) >= 11 is 0. The summed E-state index contributed by atoms with van der Waals surface area (Å²) in [5, 5.41) is 14.7. The van der Waals surface area contributed by atoms with Gasteiger partial charge in [-0.05, 0) is 58.8 Å². The molecule has 2 fully saturated rings. The lowest BCUT2D eigenvalue weighted by Crippen LogP contribution is -2.45. The second-order valence-electron chi connectivity index (χ2n) is 7.70. The molecule has 27 heavy (non-hydrogen) atoms. The number of rotatable bonds is 6. The summed E-state index contributed by atoms with van der Waals surface area (Å²) in [6, 6.07) is 0.746. The lowest BCUT2D eigenvalue weighted by atomic mass is 9.83. The number of nitrogens with one attached hydrogen (secondary N) is 2. The van der Waals surface area contributed by atoms with Gasteiger partial charge in [0.25, 0.3) is 5.91 Å². The fourth-order valence-electron chi connectivity index (χ4n) is 4.21. The van der Waals surface area contributed by atoms with E-state index in [1.165, 1.54) is 32.1 Å². The van der Waals surface area contributed by atoms with E-state index in [9.17, 15) is 4.79 Å². The molecule has 2 N–H and O–H groups in total. The number of aromatic nitrogens is 3. The third-order valence-electron chi connectivity index (χ3n) is 5.75. The predicted molar refractivity (Wildman–Crippen MR) is 112 cm³/mol. The fraction of sp³-hybridized carbons (Fsp3) is 0.833. The number of piperidine rings is 1. The van der Waals surface area contributed by atoms with E-state index in [1.807, 2.05) is 4.68 Å². The van der Waals surface area contributed by atoms with Crippen molar-refractivity contribution in [3.8, 4) is 0 Å². The van der Waals surface area contributed by atoms with Crippen LogP contribution < -0.4 is 10.6 Å². The molecule has 156 valence electrons. The molecule has 2 aliphatic rings. The van der Waals surface area contributed by atoms with E-state index >= 15 is 0 Å². The van der Waals surface area contributed by atoms with Gasteiger partial charge in [-0.1, -0.05) is 24.5 Å². The zero-order valence-electron chi connectivity index (χ0n) is 16.4. The van der Waals surface area contributed by atoms with Gasteiger partial charge in [0.15, 0.2) is 5.69 Å². The summed E-state index contributed by atoms with van der Waals surface area (Å²) in [4.78, 5) is 14.7. The molecule has 1 unspecified atom stereocenters. The molecule has 0 bridgehead atoms. The molecule has 7 nitrogen and oxygen atoms in total. The van der Waals surface area contributed by atoms with Gasteiger partial charge < -0.3 is 15.5 Å². The number of hydrogen-bond donors (Lipinski definition) is 2. The number of likely N-dealkylation sites (N-methyl/N-ethyl adjacent to an activating group) is 1. The Bertz CT molecular complexity index is 556. The minimum atomic E-state index is -0.108. The number of carbonyl (C=O) groups is 1. The molecule has 2 heterocycles. The molecule has 3 rings (SSSR count). The summed E-state index contributed by atoms with van der Waals surface area (Å²) in [6.07, 6.45) is 10.4. The third-order valence-corrected chi connectivity index (χ3v) is 5.75. The zero-order valence-corrected chi connectivity index (χ0v) is 18.0. The summed E-state index contributed by atoms with van der Waals surface area (Å²) in [5.74, 6) is 0.567. The van der Waals surface area contributed by atoms with Crippen molar-refractivity contribution < 1.29 is 4.79 Å². The van der Waals surface area contributed by atoms with Crippen LogP contribution in [0.15, 0.2) is 6.20 Å². The Hall–Kier alpha value is -0.890. The number of nitrogens with zero attached hydrogens (tertiary/aromatic N) is 4. The topological polar surface area (TPSA) is 75.1 Å². The van der Waals surface area contributed by atoms with Gasteiger partial charge in [0.2, 0.25) is 0 Å². The van der Waals surface area contributed by atoms with Gasteiger partial charge in [-0.25, -0.2) is 4.68 Å². The molecular formula is C18H34Cl2N6O. The Morgan fingerprint density at radius 1 is 1.22 bits per heavy atom. The van der Waals surface area contributed by atoms with Gasteiger partial charge in [-0.2, -0.15) is 0 Å². The van der Waals surface area contributed by atoms with Gasteiger partial charge in [-0.3, -0.25) is 4.79 Å². The predicted octanol–water partition coefficient (Wildman–Crippen LogP) is 2.29. The summed E-state index contributed by atoms with van der Waals surface area (Å²) in [7, 11) is 4.22. The molecular weight excluding hydrogens is 387 g/mol. The summed E-state index contributed by atoms with van der Waals surface area (Å²) in [5.41, 5.74) is 0.430. The smallest absolute Gasteiger partial charge is 0.273 e. The minimum absolute atomic E-state index is 0. The maximum atomic E-state index is 12.5. The highest BCUT2D eigenvalue weighted by molar-refractivity contribution is 5.91. The average molecular weight is 421 g/mol. The van der Waals surface area contributed by atoms with Gasteiger partial charge in [0.05, 0.1) is 12.2 Å². The van der Waals surface area contributed by atoms with Crippen LogP contribution in [0.25, 0.3) is 0 Å². The van der Waals surface area contributed by atoms with Crippen molar-refractivity contribution in [1.82, 2.24) is 30.5 Å². The van der Waals surface area contributed by atoms with Crippen LogP contribution >= 0.6 is 24.8 Å². The Kier molecular flexibility index (Phi) is 10.6. The first-order valence-electron chi connectivity index (χ1n) is 9.72. The van der Waals surface area contributed by atoms with E-state index in [4.69, 9.17) is 0 Å². The van der Waals surface area contributed by atoms with Crippen LogP contribution in [0.4, 0.5) is 0 Å². The Balaban J connectivity index is 0.00000182. The molecule has 1 aliphatic heterocycles. The highest BCUT2D eigenvalue weighted by atomic mass is 35.5. The van der Waals surface area contributed by atoms with E-state index in [1.54, 1.807) is 6.20 Å². The van der Waals surface area contributed by atoms with E-state index in [0.29, 0.717) is 30.2 Å². The van der Waals surface area contributed by atoms with E-state index in [0.717, 1.165) is 25.9 Å². The van der Waals surface area contributed by atoms with Crippen molar-refractivity contribution in [3.63, 3.8) is 0 Å². The maximum Gasteiger partial charge on any atom is 0.273 e. The van der Waals surface area contributed by atoms with Crippen LogP contribution in [0.5, 0.6) is 0 Å². The quantitative estimate of drug-likeness (QED) is 0.737. The number of hydrogen-bond acceptors (Lipinski definition) is 5. The van der Waals surface area contributed by atoms with Crippen LogP contribution in [-0.4, -0.2) is 65.6 Å². The molecule has 1 aromatic rings. The molecule has 1 aromatic heterocycles. The van der Waals surface area contributed by atoms with Gasteiger partial charge >= 0.3 is 0 Å². The number of amides is 1. The van der Waals surface area contributed by atoms with Crippen LogP contribution in [0.1, 0.15) is 61.5 Å². The molecule has 0 spiro atoms. The largest absolute Gasteiger partial charge is 0.349 e. The molecule has 1 saturated heterocycles. The SMILES string of the molecule is CN(C)C(CNC(=O)c1cn(C2CCNCC2)nn1)C1CCCCC1.Cl.Cl. The Labute approximate surface area is 174 Å². The molecule has 0 aromatic carbocycles. The van der Waals surface area contributed by atoms with Crippen LogP contribution in [0.2, 0.25) is 0 Å². The summed E-state index contributed by atoms with van der Waals surface area (Å²) in [6.45, 7) is 2.67. The third kappa shape index (κ3) is 6.59. The average Bonchev–Trinajstić information content (AvgIpc) is 3.13. The first-order chi connectivity index (χ1) is 12.1. The molecule has 0 radical (unpaired) electrons. The van der Waals surface area contributed by atoms with Gasteiger partial charge in [0.1, 0.15) is 0 Å². The van der Waals surface area contributed by atoms with Crippen LogP contribution in [0.3, 0.4) is 0 Å². The molecule has 1 aliphatic carbocycles. The van der Waals surface area contributed by atoms with E-state index in [-0.39, 0.29) is 30.7 Å². The first-order valence-corrected chi connectivity index (χ1v) is 9.72. The lowest BCUT2D eigenvalue weighted by molar-refractivity contribution is 0.0917. The Morgan fingerprint density at radius 2 is 1.89 bits per heavy atom. The monoisotopic (exact) mass is 420 g/mol. The second kappa shape index (κ2) is 11.8. The van der Waals surface area contributed by atoms with E-state index < -0.39 is 0 Å². The van der Waals surface area contributed by atoms with Crippen molar-refractivity contribution >= 4 is 30.7 Å². The van der Waals surface area contributed by atoms with Crippen molar-refractivity contribution in [2.24, 2.45) is 5.92 Å². The maximum absolute atomic E-state index is 12.5. The van der Waals surface area contributed by atoms with Crippen LogP contribution in [0, 0.1) is 5.92 Å². The fourth-order valence-corrected chi connectivity index (χ4v) is 4.21. The highest BCUT2D eigenvalue weighted by Gasteiger charge is 2.26. The van der Waals surface area contributed by atoms with Crippen molar-refractivity contribution in [1.29, 1.82) is 0 Å². The lowest BCUT2D eigenvalue weighted by Gasteiger charge is -2.34. The summed E-state index contributed by atoms with van der Waals surface area (Å²) < 4.78 is 1.86. The first kappa shape index (κ1) is 24.1. The number of carbonyl (C=O) groups excluding carboxylic acids is 1. The number of halogens is 2. The highest BCUT2D eigenvalue weighted by Crippen LogP contribution is 2.28. The Morgan fingerprint density at radius 3 is 2.52 bits per heavy atom. The molecule has 1 amide bonds. The van der Waals surface area contributed by atoms with Crippen molar-refractivity contribution in [2.45, 2.75) is 57.0 Å². The van der Waals surface area contributed by atoms with E-state index in [2.05, 4.69) is 39.9 Å². The zero-order chi connectivity index (χ0) is 17.6. The normalized spacial score (nSPS) is 19.8.